The monoisotopic (exact) mass is 357 g/mol. The fourth-order valence-electron chi connectivity index (χ4n) is 2.63. The van der Waals surface area contributed by atoms with E-state index >= 15 is 0 Å². The molecule has 2 aromatic carbocycles. The van der Waals surface area contributed by atoms with Crippen LogP contribution in [0.15, 0.2) is 42.5 Å². The van der Waals surface area contributed by atoms with Crippen molar-refractivity contribution in [2.75, 3.05) is 18.5 Å². The van der Waals surface area contributed by atoms with E-state index in [0.717, 1.165) is 12.0 Å². The molecule has 1 aliphatic rings. The molecule has 1 aliphatic heterocycles. The Balaban J connectivity index is 1.72. The molecule has 0 aliphatic carbocycles. The van der Waals surface area contributed by atoms with Crippen molar-refractivity contribution in [2.24, 2.45) is 0 Å². The van der Waals surface area contributed by atoms with Crippen molar-refractivity contribution >= 4 is 11.6 Å². The lowest BCUT2D eigenvalue weighted by Crippen LogP contribution is -2.18. The van der Waals surface area contributed by atoms with Crippen molar-refractivity contribution in [1.29, 1.82) is 0 Å². The standard InChI is InChI=1S/C20H23NO5/c1-13(2)26-16-7-4-14(5-8-16)19(23)21-17-12-15(6-9-18(17)22)20-24-10-3-11-25-20/h4-9,12-13,20,22H,3,10-11H2,1-2H3,(H,21,23). The number of hydrogen-bond acceptors (Lipinski definition) is 5. The molecule has 0 radical (unpaired) electrons. The summed E-state index contributed by atoms with van der Waals surface area (Å²) in [4.78, 5) is 12.5. The molecule has 138 valence electrons. The first-order chi connectivity index (χ1) is 12.5. The van der Waals surface area contributed by atoms with Crippen molar-refractivity contribution in [1.82, 2.24) is 0 Å². The van der Waals surface area contributed by atoms with Gasteiger partial charge < -0.3 is 24.6 Å². The molecule has 1 amide bonds. The van der Waals surface area contributed by atoms with Gasteiger partial charge in [0, 0.05) is 11.1 Å². The Labute approximate surface area is 152 Å². The Morgan fingerprint density at radius 2 is 1.85 bits per heavy atom. The van der Waals surface area contributed by atoms with Crippen LogP contribution in [-0.2, 0) is 9.47 Å². The minimum Gasteiger partial charge on any atom is -0.506 e. The Morgan fingerprint density at radius 3 is 2.50 bits per heavy atom. The molecule has 2 N–H and O–H groups in total. The summed E-state index contributed by atoms with van der Waals surface area (Å²) in [7, 11) is 0. The first-order valence-corrected chi connectivity index (χ1v) is 8.67. The maximum atomic E-state index is 12.5. The van der Waals surface area contributed by atoms with Crippen LogP contribution in [0.3, 0.4) is 0 Å². The van der Waals surface area contributed by atoms with Crippen molar-refractivity contribution in [2.45, 2.75) is 32.7 Å². The third-order valence-corrected chi connectivity index (χ3v) is 3.86. The average molecular weight is 357 g/mol. The molecule has 0 saturated carbocycles. The largest absolute Gasteiger partial charge is 0.506 e. The van der Waals surface area contributed by atoms with E-state index in [9.17, 15) is 9.90 Å². The van der Waals surface area contributed by atoms with Gasteiger partial charge in [-0.2, -0.15) is 0 Å². The third kappa shape index (κ3) is 4.53. The highest BCUT2D eigenvalue weighted by Gasteiger charge is 2.19. The van der Waals surface area contributed by atoms with Gasteiger partial charge in [-0.15, -0.1) is 0 Å². The Kier molecular flexibility index (Phi) is 5.75. The van der Waals surface area contributed by atoms with E-state index < -0.39 is 6.29 Å². The lowest BCUT2D eigenvalue weighted by molar-refractivity contribution is -0.183. The zero-order valence-electron chi connectivity index (χ0n) is 14.9. The van der Waals surface area contributed by atoms with E-state index in [1.54, 1.807) is 36.4 Å². The highest BCUT2D eigenvalue weighted by atomic mass is 16.7. The molecular formula is C20H23NO5. The summed E-state index contributed by atoms with van der Waals surface area (Å²) >= 11 is 0. The Morgan fingerprint density at radius 1 is 1.15 bits per heavy atom. The second-order valence-corrected chi connectivity index (χ2v) is 6.35. The molecule has 0 bridgehead atoms. The second-order valence-electron chi connectivity index (χ2n) is 6.35. The smallest absolute Gasteiger partial charge is 0.255 e. The second kappa shape index (κ2) is 8.21. The van der Waals surface area contributed by atoms with Gasteiger partial charge in [0.2, 0.25) is 0 Å². The van der Waals surface area contributed by atoms with Gasteiger partial charge in [0.1, 0.15) is 11.5 Å². The summed E-state index contributed by atoms with van der Waals surface area (Å²) in [6.45, 7) is 5.13. The van der Waals surface area contributed by atoms with E-state index in [1.807, 2.05) is 13.8 Å². The third-order valence-electron chi connectivity index (χ3n) is 3.86. The molecule has 26 heavy (non-hydrogen) atoms. The lowest BCUT2D eigenvalue weighted by atomic mass is 10.1. The van der Waals surface area contributed by atoms with Gasteiger partial charge in [0.05, 0.1) is 25.0 Å². The minimum atomic E-state index is -0.479. The van der Waals surface area contributed by atoms with Crippen LogP contribution in [0.5, 0.6) is 11.5 Å². The van der Waals surface area contributed by atoms with E-state index in [-0.39, 0.29) is 17.8 Å². The number of nitrogens with one attached hydrogen (secondary N) is 1. The van der Waals surface area contributed by atoms with Gasteiger partial charge in [0.25, 0.3) is 5.91 Å². The summed E-state index contributed by atoms with van der Waals surface area (Å²) < 4.78 is 16.7. The maximum absolute atomic E-state index is 12.5. The number of phenolic OH excluding ortho intramolecular Hbond substituents is 1. The fraction of sp³-hybridized carbons (Fsp3) is 0.350. The predicted molar refractivity (Wildman–Crippen MR) is 97.5 cm³/mol. The number of carbonyl (C=O) groups is 1. The highest BCUT2D eigenvalue weighted by Crippen LogP contribution is 2.31. The van der Waals surface area contributed by atoms with Crippen molar-refractivity contribution in [3.8, 4) is 11.5 Å². The van der Waals surface area contributed by atoms with Crippen molar-refractivity contribution in [3.63, 3.8) is 0 Å². The van der Waals surface area contributed by atoms with Gasteiger partial charge in [-0.3, -0.25) is 4.79 Å². The summed E-state index contributed by atoms with van der Waals surface area (Å²) in [6.07, 6.45) is 0.445. The van der Waals surface area contributed by atoms with Crippen LogP contribution < -0.4 is 10.1 Å². The SMILES string of the molecule is CC(C)Oc1ccc(C(=O)Nc2cc(C3OCCCO3)ccc2O)cc1. The Hall–Kier alpha value is -2.57. The molecule has 3 rings (SSSR count). The van der Waals surface area contributed by atoms with Crippen LogP contribution in [-0.4, -0.2) is 30.3 Å². The summed E-state index contributed by atoms with van der Waals surface area (Å²) in [5.41, 5.74) is 1.53. The van der Waals surface area contributed by atoms with Crippen LogP contribution >= 0.6 is 0 Å². The van der Waals surface area contributed by atoms with Crippen LogP contribution in [0, 0.1) is 0 Å². The van der Waals surface area contributed by atoms with Gasteiger partial charge in [-0.25, -0.2) is 0 Å². The van der Waals surface area contributed by atoms with Gasteiger partial charge in [-0.1, -0.05) is 6.07 Å². The minimum absolute atomic E-state index is 0.0160. The number of anilines is 1. The Bertz CT molecular complexity index is 751. The number of phenols is 1. The summed E-state index contributed by atoms with van der Waals surface area (Å²) in [5.74, 6) is 0.365. The van der Waals surface area contributed by atoms with Gasteiger partial charge >= 0.3 is 0 Å². The van der Waals surface area contributed by atoms with E-state index in [1.165, 1.54) is 6.07 Å². The highest BCUT2D eigenvalue weighted by molar-refractivity contribution is 6.05. The van der Waals surface area contributed by atoms with Crippen LogP contribution in [0.4, 0.5) is 5.69 Å². The molecule has 0 spiro atoms. The number of amides is 1. The van der Waals surface area contributed by atoms with Crippen LogP contribution in [0.1, 0.15) is 42.5 Å². The molecular weight excluding hydrogens is 334 g/mol. The predicted octanol–water partition coefficient (Wildman–Crippen LogP) is 3.87. The normalized spacial score (nSPS) is 15.0. The first-order valence-electron chi connectivity index (χ1n) is 8.67. The topological polar surface area (TPSA) is 77.0 Å². The fourth-order valence-corrected chi connectivity index (χ4v) is 2.63. The number of ether oxygens (including phenoxy) is 3. The van der Waals surface area contributed by atoms with E-state index in [2.05, 4.69) is 5.32 Å². The van der Waals surface area contributed by atoms with Crippen LogP contribution in [0.25, 0.3) is 0 Å². The maximum Gasteiger partial charge on any atom is 0.255 e. The van der Waals surface area contributed by atoms with Gasteiger partial charge in [0.15, 0.2) is 6.29 Å². The zero-order valence-corrected chi connectivity index (χ0v) is 14.9. The molecule has 1 heterocycles. The lowest BCUT2D eigenvalue weighted by Gasteiger charge is -2.24. The molecule has 1 fully saturated rings. The summed E-state index contributed by atoms with van der Waals surface area (Å²) in [6, 6.07) is 11.8. The zero-order chi connectivity index (χ0) is 18.5. The van der Waals surface area contributed by atoms with Crippen LogP contribution in [0.2, 0.25) is 0 Å². The first kappa shape index (κ1) is 18.2. The number of rotatable bonds is 5. The summed E-state index contributed by atoms with van der Waals surface area (Å²) in [5, 5.41) is 12.8. The molecule has 0 atom stereocenters. The molecule has 1 saturated heterocycles. The van der Waals surface area contributed by atoms with Gasteiger partial charge in [-0.05, 0) is 56.7 Å². The average Bonchev–Trinajstić information content (AvgIpc) is 2.64. The van der Waals surface area contributed by atoms with E-state index in [4.69, 9.17) is 14.2 Å². The van der Waals surface area contributed by atoms with E-state index in [0.29, 0.717) is 30.2 Å². The molecule has 0 unspecified atom stereocenters. The number of benzene rings is 2. The number of carbonyl (C=O) groups excluding carboxylic acids is 1. The quantitative estimate of drug-likeness (QED) is 0.795. The molecule has 6 heteroatoms. The van der Waals surface area contributed by atoms with Crippen molar-refractivity contribution in [3.05, 3.63) is 53.6 Å². The number of hydrogen-bond donors (Lipinski definition) is 2. The van der Waals surface area contributed by atoms with Crippen molar-refractivity contribution < 1.29 is 24.1 Å². The molecule has 0 aromatic heterocycles. The number of aromatic hydroxyl groups is 1. The molecule has 6 nitrogen and oxygen atoms in total. The molecule has 2 aromatic rings.